The Kier molecular flexibility index (Phi) is 13.7. The van der Waals surface area contributed by atoms with E-state index in [1.54, 1.807) is 0 Å². The second kappa shape index (κ2) is 13.5. The number of hydrogen-bond donors (Lipinski definition) is 1. The molecule has 0 heterocycles. The van der Waals surface area contributed by atoms with Crippen molar-refractivity contribution >= 4 is 16.6 Å². The molecule has 1 rings (SSSR count). The van der Waals surface area contributed by atoms with Gasteiger partial charge in [0, 0.05) is 6.61 Å². The monoisotopic (exact) mass is 388 g/mol. The fourth-order valence-corrected chi connectivity index (χ4v) is 11.2. The lowest BCUT2D eigenvalue weighted by Crippen LogP contribution is -2.39. The third kappa shape index (κ3) is 17.5. The van der Waals surface area contributed by atoms with Crippen LogP contribution in [0.25, 0.3) is 0 Å². The normalized spacial score (nSPS) is 21.6. The SMILES string of the molecule is CCCCCCCCC1CCC(CO)CC1.C[Si](C)(C)O[Si](C)(C)C. The second-order valence-electron chi connectivity index (χ2n) is 9.95. The van der Waals surface area contributed by atoms with Crippen LogP contribution in [0.5, 0.6) is 0 Å². The summed E-state index contributed by atoms with van der Waals surface area (Å²) < 4.78 is 5.90. The van der Waals surface area contributed by atoms with Crippen molar-refractivity contribution < 1.29 is 9.22 Å². The molecule has 0 aromatic heterocycles. The van der Waals surface area contributed by atoms with Gasteiger partial charge in [-0.2, -0.15) is 0 Å². The molecular weight excluding hydrogens is 340 g/mol. The molecule has 1 aliphatic rings. The highest BCUT2D eigenvalue weighted by molar-refractivity contribution is 6.83. The van der Waals surface area contributed by atoms with E-state index in [1.807, 2.05) is 0 Å². The Bertz CT molecular complexity index is 288. The van der Waals surface area contributed by atoms with E-state index < -0.39 is 16.6 Å². The van der Waals surface area contributed by atoms with Crippen molar-refractivity contribution in [2.24, 2.45) is 11.8 Å². The van der Waals surface area contributed by atoms with Crippen LogP contribution in [0.2, 0.25) is 39.3 Å². The van der Waals surface area contributed by atoms with Crippen LogP contribution < -0.4 is 0 Å². The number of rotatable bonds is 10. The van der Waals surface area contributed by atoms with Gasteiger partial charge in [0.2, 0.25) is 0 Å². The molecule has 0 aromatic rings. The zero-order chi connectivity index (χ0) is 19.3. The quantitative estimate of drug-likeness (QED) is 0.316. The summed E-state index contributed by atoms with van der Waals surface area (Å²) >= 11 is 0. The molecule has 1 fully saturated rings. The van der Waals surface area contributed by atoms with Crippen molar-refractivity contribution in [2.45, 2.75) is 117 Å². The van der Waals surface area contributed by atoms with E-state index in [-0.39, 0.29) is 0 Å². The average molecular weight is 389 g/mol. The fraction of sp³-hybridized carbons (Fsp3) is 1.00. The van der Waals surface area contributed by atoms with E-state index in [9.17, 15) is 0 Å². The van der Waals surface area contributed by atoms with Gasteiger partial charge in [0.15, 0.2) is 16.6 Å². The lowest BCUT2D eigenvalue weighted by molar-refractivity contribution is 0.163. The zero-order valence-electron chi connectivity index (χ0n) is 18.5. The molecule has 1 saturated carbocycles. The van der Waals surface area contributed by atoms with Crippen LogP contribution in [0.3, 0.4) is 0 Å². The number of aliphatic hydroxyl groups excluding tert-OH is 1. The van der Waals surface area contributed by atoms with E-state index in [0.717, 1.165) is 5.92 Å². The maximum atomic E-state index is 9.07. The minimum Gasteiger partial charge on any atom is -0.456 e. The molecule has 2 nitrogen and oxygen atoms in total. The Morgan fingerprint density at radius 3 is 1.56 bits per heavy atom. The van der Waals surface area contributed by atoms with Crippen LogP contribution in [0.1, 0.15) is 77.6 Å². The molecule has 0 aliphatic heterocycles. The lowest BCUT2D eigenvalue weighted by atomic mass is 9.80. The van der Waals surface area contributed by atoms with Gasteiger partial charge in [-0.25, -0.2) is 0 Å². The molecule has 0 aromatic carbocycles. The lowest BCUT2D eigenvalue weighted by Gasteiger charge is -2.27. The predicted molar refractivity (Wildman–Crippen MR) is 118 cm³/mol. The van der Waals surface area contributed by atoms with Gasteiger partial charge >= 0.3 is 0 Å². The molecule has 0 radical (unpaired) electrons. The van der Waals surface area contributed by atoms with Crippen molar-refractivity contribution in [3.63, 3.8) is 0 Å². The summed E-state index contributed by atoms with van der Waals surface area (Å²) in [6.45, 7) is 16.1. The Balaban J connectivity index is 0.000000547. The minimum absolute atomic E-state index is 0.420. The molecule has 0 amide bonds. The first-order chi connectivity index (χ1) is 11.6. The molecule has 25 heavy (non-hydrogen) atoms. The minimum atomic E-state index is -1.23. The molecule has 1 aliphatic carbocycles. The summed E-state index contributed by atoms with van der Waals surface area (Å²) in [6, 6.07) is 0. The predicted octanol–water partition coefficient (Wildman–Crippen LogP) is 7.21. The first-order valence-corrected chi connectivity index (χ1v) is 17.7. The molecule has 4 heteroatoms. The van der Waals surface area contributed by atoms with Gasteiger partial charge in [0.1, 0.15) is 0 Å². The van der Waals surface area contributed by atoms with Crippen molar-refractivity contribution in [2.75, 3.05) is 6.61 Å². The van der Waals surface area contributed by atoms with Crippen molar-refractivity contribution in [3.05, 3.63) is 0 Å². The third-order valence-electron chi connectivity index (χ3n) is 4.80. The van der Waals surface area contributed by atoms with Gasteiger partial charge in [-0.3, -0.25) is 0 Å². The third-order valence-corrected chi connectivity index (χ3v) is 9.70. The van der Waals surface area contributed by atoms with Crippen LogP contribution in [-0.4, -0.2) is 28.3 Å². The highest BCUT2D eigenvalue weighted by Gasteiger charge is 2.24. The Morgan fingerprint density at radius 2 is 1.16 bits per heavy atom. The molecular formula is C21H48O2Si2. The summed E-state index contributed by atoms with van der Waals surface area (Å²) in [5.41, 5.74) is 0. The number of aliphatic hydroxyl groups is 1. The summed E-state index contributed by atoms with van der Waals surface area (Å²) in [5.74, 6) is 1.61. The topological polar surface area (TPSA) is 29.5 Å². The van der Waals surface area contributed by atoms with Crippen LogP contribution in [0.4, 0.5) is 0 Å². The van der Waals surface area contributed by atoms with Gasteiger partial charge in [0.05, 0.1) is 0 Å². The summed E-state index contributed by atoms with van der Waals surface area (Å²) in [7, 11) is -2.46. The molecule has 0 bridgehead atoms. The first-order valence-electron chi connectivity index (χ1n) is 10.9. The summed E-state index contributed by atoms with van der Waals surface area (Å²) in [5, 5.41) is 9.07. The summed E-state index contributed by atoms with van der Waals surface area (Å²) in [6.07, 6.45) is 15.3. The smallest absolute Gasteiger partial charge is 0.170 e. The van der Waals surface area contributed by atoms with Crippen molar-refractivity contribution in [3.8, 4) is 0 Å². The largest absolute Gasteiger partial charge is 0.456 e. The van der Waals surface area contributed by atoms with E-state index in [4.69, 9.17) is 9.22 Å². The van der Waals surface area contributed by atoms with E-state index >= 15 is 0 Å². The van der Waals surface area contributed by atoms with Crippen LogP contribution in [-0.2, 0) is 4.12 Å². The maximum Gasteiger partial charge on any atom is 0.170 e. The Hall–Kier alpha value is 0.354. The van der Waals surface area contributed by atoms with Gasteiger partial charge in [-0.15, -0.1) is 0 Å². The Labute approximate surface area is 161 Å². The second-order valence-corrected chi connectivity index (χ2v) is 19.2. The molecule has 0 unspecified atom stereocenters. The molecule has 152 valence electrons. The van der Waals surface area contributed by atoms with Crippen molar-refractivity contribution in [1.29, 1.82) is 0 Å². The standard InChI is InChI=1S/C15H30O.C6H18OSi2/c1-2-3-4-5-6-7-8-14-9-11-15(13-16)12-10-14;1-8(2,3)7-9(4,5)6/h14-16H,2-13H2,1H3;1-6H3. The molecule has 0 saturated heterocycles. The van der Waals surface area contributed by atoms with E-state index in [0.29, 0.717) is 12.5 Å². The number of hydrogen-bond acceptors (Lipinski definition) is 2. The molecule has 0 spiro atoms. The van der Waals surface area contributed by atoms with E-state index in [1.165, 1.54) is 70.6 Å². The maximum absolute atomic E-state index is 9.07. The van der Waals surface area contributed by atoms with Gasteiger partial charge < -0.3 is 9.22 Å². The van der Waals surface area contributed by atoms with Crippen LogP contribution in [0, 0.1) is 11.8 Å². The van der Waals surface area contributed by atoms with Crippen LogP contribution in [0.15, 0.2) is 0 Å². The average Bonchev–Trinajstić information content (AvgIpc) is 2.48. The highest BCUT2D eigenvalue weighted by Crippen LogP contribution is 2.31. The molecule has 1 N–H and O–H groups in total. The number of unbranched alkanes of at least 4 members (excludes halogenated alkanes) is 5. The zero-order valence-corrected chi connectivity index (χ0v) is 20.5. The van der Waals surface area contributed by atoms with Gasteiger partial charge in [0.25, 0.3) is 0 Å². The van der Waals surface area contributed by atoms with E-state index in [2.05, 4.69) is 46.2 Å². The summed E-state index contributed by atoms with van der Waals surface area (Å²) in [4.78, 5) is 0. The highest BCUT2D eigenvalue weighted by atomic mass is 28.4. The Morgan fingerprint density at radius 1 is 0.720 bits per heavy atom. The fourth-order valence-electron chi connectivity index (χ4n) is 3.83. The molecule has 0 atom stereocenters. The van der Waals surface area contributed by atoms with Gasteiger partial charge in [-0.05, 0) is 64.0 Å². The van der Waals surface area contributed by atoms with Crippen LogP contribution >= 0.6 is 0 Å². The first kappa shape index (κ1) is 25.4. The van der Waals surface area contributed by atoms with Gasteiger partial charge in [-0.1, -0.05) is 64.7 Å². The van der Waals surface area contributed by atoms with Crippen molar-refractivity contribution in [1.82, 2.24) is 0 Å².